The summed E-state index contributed by atoms with van der Waals surface area (Å²) in [6, 6.07) is 4.59. The zero-order valence-electron chi connectivity index (χ0n) is 12.4. The summed E-state index contributed by atoms with van der Waals surface area (Å²) in [6.45, 7) is 3.35. The predicted octanol–water partition coefficient (Wildman–Crippen LogP) is 3.98. The van der Waals surface area contributed by atoms with Crippen LogP contribution in [0.15, 0.2) is 18.2 Å². The Balaban J connectivity index is 2.31. The van der Waals surface area contributed by atoms with E-state index in [1.54, 1.807) is 12.1 Å². The molecular weight excluding hydrogens is 277 g/mol. The van der Waals surface area contributed by atoms with Crippen LogP contribution in [0, 0.1) is 0 Å². The van der Waals surface area contributed by atoms with Crippen molar-refractivity contribution in [3.05, 3.63) is 29.3 Å². The summed E-state index contributed by atoms with van der Waals surface area (Å²) in [5.41, 5.74) is 6.31. The topological polar surface area (TPSA) is 29.3 Å². The number of benzene rings is 1. The van der Waals surface area contributed by atoms with Gasteiger partial charge in [0, 0.05) is 24.8 Å². The van der Waals surface area contributed by atoms with Gasteiger partial charge in [0.15, 0.2) is 0 Å². The zero-order chi connectivity index (χ0) is 15.5. The van der Waals surface area contributed by atoms with Crippen LogP contribution in [0.5, 0.6) is 0 Å². The van der Waals surface area contributed by atoms with E-state index in [1.807, 2.05) is 11.8 Å². The number of hydrogen-bond donors (Lipinski definition) is 1. The van der Waals surface area contributed by atoms with E-state index in [4.69, 9.17) is 5.73 Å². The molecule has 1 unspecified atom stereocenters. The first-order valence-corrected chi connectivity index (χ1v) is 7.62. The van der Waals surface area contributed by atoms with E-state index in [0.29, 0.717) is 30.8 Å². The molecule has 118 valence electrons. The van der Waals surface area contributed by atoms with Gasteiger partial charge in [0.05, 0.1) is 5.56 Å². The van der Waals surface area contributed by atoms with Gasteiger partial charge in [0.25, 0.3) is 0 Å². The lowest BCUT2D eigenvalue weighted by Gasteiger charge is -2.31. The molecule has 1 saturated heterocycles. The third kappa shape index (κ3) is 4.13. The molecule has 0 amide bonds. The summed E-state index contributed by atoms with van der Waals surface area (Å²) in [5.74, 6) is 0. The van der Waals surface area contributed by atoms with Gasteiger partial charge in [-0.05, 0) is 49.8 Å². The predicted molar refractivity (Wildman–Crippen MR) is 79.5 cm³/mol. The van der Waals surface area contributed by atoms with Crippen molar-refractivity contribution in [1.82, 2.24) is 0 Å². The van der Waals surface area contributed by atoms with Crippen molar-refractivity contribution in [2.45, 2.75) is 51.2 Å². The van der Waals surface area contributed by atoms with Crippen molar-refractivity contribution in [3.8, 4) is 0 Å². The molecule has 1 aliphatic rings. The second kappa shape index (κ2) is 6.69. The van der Waals surface area contributed by atoms with E-state index in [0.717, 1.165) is 25.7 Å². The van der Waals surface area contributed by atoms with Crippen molar-refractivity contribution in [1.29, 1.82) is 0 Å². The number of hydrogen-bond acceptors (Lipinski definition) is 2. The minimum Gasteiger partial charge on any atom is -0.371 e. The molecule has 2 rings (SSSR count). The number of alkyl halides is 3. The zero-order valence-corrected chi connectivity index (χ0v) is 12.4. The second-order valence-electron chi connectivity index (χ2n) is 5.77. The lowest BCUT2D eigenvalue weighted by atomic mass is 9.99. The lowest BCUT2D eigenvalue weighted by molar-refractivity contribution is -0.137. The van der Waals surface area contributed by atoms with Gasteiger partial charge in [0.1, 0.15) is 0 Å². The number of rotatable bonds is 4. The summed E-state index contributed by atoms with van der Waals surface area (Å²) >= 11 is 0. The molecule has 1 atom stereocenters. The highest BCUT2D eigenvalue weighted by Crippen LogP contribution is 2.38. The first-order chi connectivity index (χ1) is 9.91. The average molecular weight is 300 g/mol. The number of anilines is 1. The quantitative estimate of drug-likeness (QED) is 0.911. The van der Waals surface area contributed by atoms with Gasteiger partial charge < -0.3 is 10.6 Å². The molecule has 1 aromatic carbocycles. The fourth-order valence-corrected chi connectivity index (χ4v) is 2.79. The lowest BCUT2D eigenvalue weighted by Crippen LogP contribution is -2.31. The minimum atomic E-state index is -4.32. The van der Waals surface area contributed by atoms with E-state index in [2.05, 4.69) is 0 Å². The van der Waals surface area contributed by atoms with Gasteiger partial charge in [-0.25, -0.2) is 0 Å². The molecule has 0 radical (unpaired) electrons. The van der Waals surface area contributed by atoms with Crippen LogP contribution in [0.25, 0.3) is 0 Å². The smallest absolute Gasteiger partial charge is 0.371 e. The Kier molecular flexibility index (Phi) is 5.14. The van der Waals surface area contributed by atoms with Crippen molar-refractivity contribution < 1.29 is 13.2 Å². The first kappa shape index (κ1) is 16.1. The van der Waals surface area contributed by atoms with Crippen molar-refractivity contribution in [2.75, 3.05) is 18.0 Å². The van der Waals surface area contributed by atoms with Crippen LogP contribution in [0.1, 0.15) is 43.7 Å². The average Bonchev–Trinajstić information content (AvgIpc) is 2.47. The second-order valence-corrected chi connectivity index (χ2v) is 5.77. The molecule has 5 heteroatoms. The van der Waals surface area contributed by atoms with Crippen LogP contribution in [0.3, 0.4) is 0 Å². The van der Waals surface area contributed by atoms with Crippen LogP contribution >= 0.6 is 0 Å². The molecule has 2 nitrogen and oxygen atoms in total. The fourth-order valence-electron chi connectivity index (χ4n) is 2.79. The molecule has 1 aromatic rings. The normalized spacial score (nSPS) is 17.9. The van der Waals surface area contributed by atoms with Gasteiger partial charge >= 0.3 is 6.18 Å². The van der Waals surface area contributed by atoms with Crippen LogP contribution < -0.4 is 10.6 Å². The maximum absolute atomic E-state index is 13.3. The number of halogens is 3. The molecular formula is C16H23F3N2. The van der Waals surface area contributed by atoms with Crippen LogP contribution in [-0.4, -0.2) is 19.1 Å². The van der Waals surface area contributed by atoms with E-state index in [9.17, 15) is 13.2 Å². The Bertz CT molecular complexity index is 465. The molecule has 0 saturated carbocycles. The summed E-state index contributed by atoms with van der Waals surface area (Å²) in [6.07, 6.45) is -0.0605. The Labute approximate surface area is 124 Å². The van der Waals surface area contributed by atoms with Crippen LogP contribution in [0.4, 0.5) is 18.9 Å². The number of piperidine rings is 1. The minimum absolute atomic E-state index is 0.0908. The Morgan fingerprint density at radius 2 is 1.86 bits per heavy atom. The highest BCUT2D eigenvalue weighted by Gasteiger charge is 2.35. The summed E-state index contributed by atoms with van der Waals surface area (Å²) in [7, 11) is 0. The van der Waals surface area contributed by atoms with Gasteiger partial charge in [-0.2, -0.15) is 13.2 Å². The van der Waals surface area contributed by atoms with E-state index in [1.165, 1.54) is 6.07 Å². The first-order valence-electron chi connectivity index (χ1n) is 7.62. The van der Waals surface area contributed by atoms with E-state index < -0.39 is 11.7 Å². The summed E-state index contributed by atoms with van der Waals surface area (Å²) in [4.78, 5) is 1.86. The van der Waals surface area contributed by atoms with Gasteiger partial charge in [-0.3, -0.25) is 0 Å². The van der Waals surface area contributed by atoms with Crippen molar-refractivity contribution >= 4 is 5.69 Å². The molecule has 0 aliphatic carbocycles. The fraction of sp³-hybridized carbons (Fsp3) is 0.625. The molecule has 0 aromatic heterocycles. The van der Waals surface area contributed by atoms with Crippen molar-refractivity contribution in [3.63, 3.8) is 0 Å². The monoisotopic (exact) mass is 300 g/mol. The summed E-state index contributed by atoms with van der Waals surface area (Å²) < 4.78 is 40.0. The maximum Gasteiger partial charge on any atom is 0.418 e. The largest absolute Gasteiger partial charge is 0.418 e. The number of nitrogens with two attached hydrogens (primary N) is 1. The number of nitrogens with zero attached hydrogens (tertiary/aromatic N) is 1. The molecule has 2 N–H and O–H groups in total. The molecule has 0 bridgehead atoms. The van der Waals surface area contributed by atoms with Crippen molar-refractivity contribution in [2.24, 2.45) is 5.73 Å². The maximum atomic E-state index is 13.3. The Morgan fingerprint density at radius 1 is 1.19 bits per heavy atom. The Morgan fingerprint density at radius 3 is 2.43 bits per heavy atom. The molecule has 0 spiro atoms. The third-order valence-electron chi connectivity index (χ3n) is 4.09. The highest BCUT2D eigenvalue weighted by molar-refractivity contribution is 5.56. The summed E-state index contributed by atoms with van der Waals surface area (Å²) in [5, 5.41) is 0. The standard InChI is InChI=1S/C16H23F3N2/c1-2-13(20)10-12-6-7-15(14(11-12)16(17,18)19)21-8-4-3-5-9-21/h6-7,11,13H,2-5,8-10,20H2,1H3. The Hall–Kier alpha value is -1.23. The van der Waals surface area contributed by atoms with Gasteiger partial charge in [0.2, 0.25) is 0 Å². The van der Waals surface area contributed by atoms with E-state index >= 15 is 0 Å². The third-order valence-corrected chi connectivity index (χ3v) is 4.09. The van der Waals surface area contributed by atoms with Crippen LogP contribution in [0.2, 0.25) is 0 Å². The highest BCUT2D eigenvalue weighted by atomic mass is 19.4. The molecule has 21 heavy (non-hydrogen) atoms. The molecule has 1 fully saturated rings. The van der Waals surface area contributed by atoms with E-state index in [-0.39, 0.29) is 6.04 Å². The van der Waals surface area contributed by atoms with Gasteiger partial charge in [-0.1, -0.05) is 13.0 Å². The molecule has 1 heterocycles. The molecule has 1 aliphatic heterocycles. The van der Waals surface area contributed by atoms with Crippen LogP contribution in [-0.2, 0) is 12.6 Å². The van der Waals surface area contributed by atoms with Gasteiger partial charge in [-0.15, -0.1) is 0 Å². The SMILES string of the molecule is CCC(N)Cc1ccc(N2CCCCC2)c(C(F)(F)F)c1.